The summed E-state index contributed by atoms with van der Waals surface area (Å²) < 4.78 is 0. The predicted octanol–water partition coefficient (Wildman–Crippen LogP) is 2.31. The number of anilines is 1. The van der Waals surface area contributed by atoms with Crippen LogP contribution in [0.4, 0.5) is 5.69 Å². The second-order valence-electron chi connectivity index (χ2n) is 5.05. The molecular weight excluding hydrogens is 212 g/mol. The van der Waals surface area contributed by atoms with Crippen molar-refractivity contribution in [1.29, 1.82) is 0 Å². The molecule has 1 heterocycles. The highest BCUT2D eigenvalue weighted by molar-refractivity contribution is 5.65. The smallest absolute Gasteiger partial charge is 0.121 e. The molecule has 0 bridgehead atoms. The maximum Gasteiger partial charge on any atom is 0.121 e. The minimum Gasteiger partial charge on any atom is -0.508 e. The lowest BCUT2D eigenvalue weighted by Crippen LogP contribution is -2.29. The van der Waals surface area contributed by atoms with Gasteiger partial charge < -0.3 is 15.3 Å². The van der Waals surface area contributed by atoms with Crippen LogP contribution in [0.15, 0.2) is 18.2 Å². The summed E-state index contributed by atoms with van der Waals surface area (Å²) in [7, 11) is 1.97. The topological polar surface area (TPSA) is 35.5 Å². The SMILES string of the molecule is CNCCC1CN(C(C)C)c2cccc(O)c21. The Morgan fingerprint density at radius 1 is 1.47 bits per heavy atom. The van der Waals surface area contributed by atoms with E-state index in [9.17, 15) is 5.11 Å². The molecule has 1 aromatic carbocycles. The lowest BCUT2D eigenvalue weighted by atomic mass is 9.97. The van der Waals surface area contributed by atoms with Crippen molar-refractivity contribution in [2.24, 2.45) is 0 Å². The Hall–Kier alpha value is -1.22. The number of benzene rings is 1. The zero-order valence-electron chi connectivity index (χ0n) is 10.9. The Kier molecular flexibility index (Phi) is 3.57. The average molecular weight is 234 g/mol. The summed E-state index contributed by atoms with van der Waals surface area (Å²) in [5.41, 5.74) is 2.34. The number of nitrogens with one attached hydrogen (secondary N) is 1. The average Bonchev–Trinajstić information content (AvgIpc) is 2.67. The summed E-state index contributed by atoms with van der Waals surface area (Å²) in [5, 5.41) is 13.2. The van der Waals surface area contributed by atoms with Gasteiger partial charge in [-0.25, -0.2) is 0 Å². The largest absolute Gasteiger partial charge is 0.508 e. The number of fused-ring (bicyclic) bond motifs is 1. The molecule has 0 radical (unpaired) electrons. The summed E-state index contributed by atoms with van der Waals surface area (Å²) in [6, 6.07) is 6.34. The van der Waals surface area contributed by atoms with Crippen LogP contribution in [0, 0.1) is 0 Å². The monoisotopic (exact) mass is 234 g/mol. The molecule has 0 aliphatic carbocycles. The van der Waals surface area contributed by atoms with Crippen molar-refractivity contribution in [3.8, 4) is 5.75 Å². The summed E-state index contributed by atoms with van der Waals surface area (Å²) in [6.45, 7) is 6.42. The first-order chi connectivity index (χ1) is 8.15. The van der Waals surface area contributed by atoms with Gasteiger partial charge in [0.1, 0.15) is 5.75 Å². The first-order valence-corrected chi connectivity index (χ1v) is 6.38. The van der Waals surface area contributed by atoms with E-state index in [4.69, 9.17) is 0 Å². The first-order valence-electron chi connectivity index (χ1n) is 6.38. The number of hydrogen-bond acceptors (Lipinski definition) is 3. The van der Waals surface area contributed by atoms with E-state index in [0.717, 1.165) is 25.1 Å². The second-order valence-corrected chi connectivity index (χ2v) is 5.05. The van der Waals surface area contributed by atoms with Gasteiger partial charge in [0.25, 0.3) is 0 Å². The molecule has 3 nitrogen and oxygen atoms in total. The molecule has 0 fully saturated rings. The van der Waals surface area contributed by atoms with E-state index < -0.39 is 0 Å². The molecule has 0 spiro atoms. The Bertz CT molecular complexity index is 390. The highest BCUT2D eigenvalue weighted by Crippen LogP contribution is 2.43. The zero-order valence-corrected chi connectivity index (χ0v) is 10.9. The molecule has 0 amide bonds. The van der Waals surface area contributed by atoms with Crippen molar-refractivity contribution in [2.75, 3.05) is 25.0 Å². The number of phenolic OH excluding ortho intramolecular Hbond substituents is 1. The van der Waals surface area contributed by atoms with Gasteiger partial charge in [-0.05, 0) is 46.0 Å². The van der Waals surface area contributed by atoms with E-state index in [-0.39, 0.29) is 0 Å². The van der Waals surface area contributed by atoms with Crippen LogP contribution in [0.25, 0.3) is 0 Å². The minimum absolute atomic E-state index is 0.445. The molecule has 1 aliphatic heterocycles. The molecule has 0 aromatic heterocycles. The third kappa shape index (κ3) is 2.25. The van der Waals surface area contributed by atoms with Gasteiger partial charge >= 0.3 is 0 Å². The van der Waals surface area contributed by atoms with Gasteiger partial charge in [0.15, 0.2) is 0 Å². The fraction of sp³-hybridized carbons (Fsp3) is 0.571. The van der Waals surface area contributed by atoms with E-state index in [2.05, 4.69) is 30.1 Å². The summed E-state index contributed by atoms with van der Waals surface area (Å²) in [6.07, 6.45) is 1.07. The van der Waals surface area contributed by atoms with Crippen LogP contribution in [0.3, 0.4) is 0 Å². The van der Waals surface area contributed by atoms with E-state index in [1.807, 2.05) is 13.1 Å². The van der Waals surface area contributed by atoms with Gasteiger partial charge in [-0.15, -0.1) is 0 Å². The normalized spacial score (nSPS) is 18.8. The summed E-state index contributed by atoms with van der Waals surface area (Å²) in [4.78, 5) is 2.38. The van der Waals surface area contributed by atoms with E-state index in [1.54, 1.807) is 6.07 Å². The Morgan fingerprint density at radius 2 is 2.24 bits per heavy atom. The predicted molar refractivity (Wildman–Crippen MR) is 71.9 cm³/mol. The summed E-state index contributed by atoms with van der Waals surface area (Å²) >= 11 is 0. The van der Waals surface area contributed by atoms with Gasteiger partial charge in [0, 0.05) is 29.8 Å². The highest BCUT2D eigenvalue weighted by Gasteiger charge is 2.31. The van der Waals surface area contributed by atoms with Crippen LogP contribution in [0.2, 0.25) is 0 Å². The Morgan fingerprint density at radius 3 is 2.88 bits per heavy atom. The number of nitrogens with zero attached hydrogens (tertiary/aromatic N) is 1. The highest BCUT2D eigenvalue weighted by atomic mass is 16.3. The van der Waals surface area contributed by atoms with Gasteiger partial charge in [-0.2, -0.15) is 0 Å². The van der Waals surface area contributed by atoms with Gasteiger partial charge in [0.05, 0.1) is 0 Å². The van der Waals surface area contributed by atoms with Crippen molar-refractivity contribution in [2.45, 2.75) is 32.2 Å². The molecule has 1 aliphatic rings. The Balaban J connectivity index is 2.31. The molecule has 2 N–H and O–H groups in total. The van der Waals surface area contributed by atoms with Crippen LogP contribution < -0.4 is 10.2 Å². The van der Waals surface area contributed by atoms with Crippen molar-refractivity contribution in [3.05, 3.63) is 23.8 Å². The molecule has 1 unspecified atom stereocenters. The van der Waals surface area contributed by atoms with Crippen LogP contribution >= 0.6 is 0 Å². The first kappa shape index (κ1) is 12.2. The lowest BCUT2D eigenvalue weighted by molar-refractivity contribution is 0.461. The van der Waals surface area contributed by atoms with Gasteiger partial charge in [-0.1, -0.05) is 6.07 Å². The number of hydrogen-bond donors (Lipinski definition) is 2. The van der Waals surface area contributed by atoms with Crippen LogP contribution in [-0.4, -0.2) is 31.3 Å². The standard InChI is InChI=1S/C14H22N2O/c1-10(2)16-9-11(7-8-15-3)14-12(16)5-4-6-13(14)17/h4-6,10-11,15,17H,7-9H2,1-3H3. The zero-order chi connectivity index (χ0) is 12.4. The van der Waals surface area contributed by atoms with Crippen molar-refractivity contribution >= 4 is 5.69 Å². The van der Waals surface area contributed by atoms with E-state index >= 15 is 0 Å². The van der Waals surface area contributed by atoms with Crippen molar-refractivity contribution in [3.63, 3.8) is 0 Å². The summed E-state index contributed by atoms with van der Waals surface area (Å²) in [5.74, 6) is 0.896. The maximum absolute atomic E-state index is 10.1. The van der Waals surface area contributed by atoms with Gasteiger partial charge in [0.2, 0.25) is 0 Å². The molecule has 1 aromatic rings. The Labute approximate surface area is 103 Å². The van der Waals surface area contributed by atoms with Crippen molar-refractivity contribution in [1.82, 2.24) is 5.32 Å². The molecule has 1 atom stereocenters. The molecule has 2 rings (SSSR count). The number of aromatic hydroxyl groups is 1. The van der Waals surface area contributed by atoms with Crippen LogP contribution in [0.1, 0.15) is 31.7 Å². The molecular formula is C14H22N2O. The van der Waals surface area contributed by atoms with E-state index in [0.29, 0.717) is 17.7 Å². The third-order valence-corrected chi connectivity index (χ3v) is 3.56. The quantitative estimate of drug-likeness (QED) is 0.839. The van der Waals surface area contributed by atoms with Gasteiger partial charge in [-0.3, -0.25) is 0 Å². The molecule has 17 heavy (non-hydrogen) atoms. The lowest BCUT2D eigenvalue weighted by Gasteiger charge is -2.24. The van der Waals surface area contributed by atoms with Crippen LogP contribution in [-0.2, 0) is 0 Å². The molecule has 3 heteroatoms. The fourth-order valence-corrected chi connectivity index (χ4v) is 2.68. The molecule has 94 valence electrons. The number of phenols is 1. The van der Waals surface area contributed by atoms with E-state index in [1.165, 1.54) is 5.69 Å². The third-order valence-electron chi connectivity index (χ3n) is 3.56. The fourth-order valence-electron chi connectivity index (χ4n) is 2.68. The minimum atomic E-state index is 0.445. The number of rotatable bonds is 4. The van der Waals surface area contributed by atoms with Crippen molar-refractivity contribution < 1.29 is 5.11 Å². The second kappa shape index (κ2) is 4.96. The molecule has 0 saturated heterocycles. The molecule has 0 saturated carbocycles. The van der Waals surface area contributed by atoms with Crippen LogP contribution in [0.5, 0.6) is 5.75 Å². The maximum atomic E-state index is 10.1.